The average Bonchev–Trinajstić information content (AvgIpc) is 2.03. The van der Waals surface area contributed by atoms with Crippen LogP contribution in [-0.4, -0.2) is 33.2 Å². The third-order valence-electron chi connectivity index (χ3n) is 1.49. The van der Waals surface area contributed by atoms with Crippen molar-refractivity contribution >= 4 is 18.6 Å². The van der Waals surface area contributed by atoms with Gasteiger partial charge in [-0.2, -0.15) is 0 Å². The predicted molar refractivity (Wildman–Crippen MR) is 45.8 cm³/mol. The minimum Gasteiger partial charge on any atom is -0.477 e. The SMILES string of the molecule is Cc1cc(B(O)O)cc(C(=O)O)n1. The Hall–Kier alpha value is -1.40. The monoisotopic (exact) mass is 181 g/mol. The highest BCUT2D eigenvalue weighted by Crippen LogP contribution is 1.96. The van der Waals surface area contributed by atoms with E-state index in [1.54, 1.807) is 6.92 Å². The summed E-state index contributed by atoms with van der Waals surface area (Å²) in [5.74, 6) is -1.19. The van der Waals surface area contributed by atoms with Crippen molar-refractivity contribution in [2.45, 2.75) is 6.92 Å². The summed E-state index contributed by atoms with van der Waals surface area (Å²) in [6.45, 7) is 1.58. The van der Waals surface area contributed by atoms with Gasteiger partial charge in [-0.15, -0.1) is 0 Å². The molecular weight excluding hydrogens is 173 g/mol. The topological polar surface area (TPSA) is 90.7 Å². The number of carboxylic acid groups (broad SMARTS) is 1. The number of aryl methyl sites for hydroxylation is 1. The van der Waals surface area contributed by atoms with Gasteiger partial charge in [-0.3, -0.25) is 0 Å². The van der Waals surface area contributed by atoms with Crippen LogP contribution in [0.15, 0.2) is 12.1 Å². The van der Waals surface area contributed by atoms with Crippen molar-refractivity contribution in [3.8, 4) is 0 Å². The van der Waals surface area contributed by atoms with Gasteiger partial charge in [-0.1, -0.05) is 0 Å². The zero-order chi connectivity index (χ0) is 10.0. The van der Waals surface area contributed by atoms with Crippen molar-refractivity contribution in [1.29, 1.82) is 0 Å². The highest BCUT2D eigenvalue weighted by atomic mass is 16.4. The molecule has 0 aliphatic rings. The van der Waals surface area contributed by atoms with Crippen molar-refractivity contribution in [3.05, 3.63) is 23.5 Å². The van der Waals surface area contributed by atoms with Crippen LogP contribution in [0.5, 0.6) is 0 Å². The molecule has 0 aliphatic carbocycles. The Morgan fingerprint density at radius 3 is 2.54 bits per heavy atom. The molecule has 5 nitrogen and oxygen atoms in total. The minimum absolute atomic E-state index is 0.130. The lowest BCUT2D eigenvalue weighted by atomic mass is 9.80. The molecule has 6 heteroatoms. The van der Waals surface area contributed by atoms with E-state index < -0.39 is 13.1 Å². The van der Waals surface area contributed by atoms with E-state index >= 15 is 0 Å². The highest BCUT2D eigenvalue weighted by molar-refractivity contribution is 6.58. The van der Waals surface area contributed by atoms with E-state index in [2.05, 4.69) is 4.98 Å². The summed E-state index contributed by atoms with van der Waals surface area (Å²) in [5, 5.41) is 26.2. The molecule has 0 unspecified atom stereocenters. The number of carboxylic acids is 1. The molecule has 0 fully saturated rings. The number of hydrogen-bond acceptors (Lipinski definition) is 4. The molecule has 1 heterocycles. The molecule has 0 saturated heterocycles. The molecule has 3 N–H and O–H groups in total. The highest BCUT2D eigenvalue weighted by Gasteiger charge is 2.15. The second-order valence-corrected chi connectivity index (χ2v) is 2.61. The molecule has 0 saturated carbocycles. The van der Waals surface area contributed by atoms with Crippen LogP contribution in [0.25, 0.3) is 0 Å². The Morgan fingerprint density at radius 1 is 1.46 bits per heavy atom. The third kappa shape index (κ3) is 2.27. The molecule has 0 amide bonds. The lowest BCUT2D eigenvalue weighted by molar-refractivity contribution is 0.0690. The van der Waals surface area contributed by atoms with E-state index in [0.29, 0.717) is 5.69 Å². The van der Waals surface area contributed by atoms with Gasteiger partial charge in [0.15, 0.2) is 0 Å². The van der Waals surface area contributed by atoms with E-state index in [1.165, 1.54) is 6.07 Å². The van der Waals surface area contributed by atoms with Gasteiger partial charge in [0.05, 0.1) is 0 Å². The molecule has 0 radical (unpaired) electrons. The van der Waals surface area contributed by atoms with Gasteiger partial charge in [0, 0.05) is 5.69 Å². The molecular formula is C7H8BNO4. The molecule has 0 bridgehead atoms. The predicted octanol–water partition coefficient (Wildman–Crippen LogP) is -1.23. The van der Waals surface area contributed by atoms with Crippen LogP contribution in [0.3, 0.4) is 0 Å². The average molecular weight is 181 g/mol. The van der Waals surface area contributed by atoms with Gasteiger partial charge in [0.1, 0.15) is 5.69 Å². The summed E-state index contributed by atoms with van der Waals surface area (Å²) >= 11 is 0. The lowest BCUT2D eigenvalue weighted by Gasteiger charge is -2.02. The van der Waals surface area contributed by atoms with Crippen molar-refractivity contribution in [2.24, 2.45) is 0 Å². The standard InChI is InChI=1S/C7H8BNO4/c1-4-2-5(8(12)13)3-6(9-4)7(10)11/h2-3,12-13H,1H3,(H,10,11). The first-order chi connectivity index (χ1) is 6.00. The second kappa shape index (κ2) is 3.55. The zero-order valence-corrected chi connectivity index (χ0v) is 6.93. The van der Waals surface area contributed by atoms with Crippen molar-refractivity contribution in [1.82, 2.24) is 4.98 Å². The summed E-state index contributed by atoms with van der Waals surface area (Å²) in [5.41, 5.74) is 0.371. The third-order valence-corrected chi connectivity index (χ3v) is 1.49. The maximum Gasteiger partial charge on any atom is 0.488 e. The van der Waals surface area contributed by atoms with Crippen molar-refractivity contribution < 1.29 is 19.9 Å². The number of hydrogen-bond donors (Lipinski definition) is 3. The Kier molecular flexibility index (Phi) is 2.65. The van der Waals surface area contributed by atoms with Gasteiger partial charge < -0.3 is 15.2 Å². The summed E-state index contributed by atoms with van der Waals surface area (Å²) in [7, 11) is -1.67. The molecule has 0 aromatic carbocycles. The maximum absolute atomic E-state index is 10.5. The molecule has 0 aliphatic heterocycles. The van der Waals surface area contributed by atoms with Crippen LogP contribution >= 0.6 is 0 Å². The smallest absolute Gasteiger partial charge is 0.477 e. The van der Waals surface area contributed by atoms with Crippen LogP contribution in [0, 0.1) is 6.92 Å². The quantitative estimate of drug-likeness (QED) is 0.496. The van der Waals surface area contributed by atoms with E-state index in [4.69, 9.17) is 15.2 Å². The Morgan fingerprint density at radius 2 is 2.08 bits per heavy atom. The van der Waals surface area contributed by atoms with Gasteiger partial charge >= 0.3 is 13.1 Å². The summed E-state index contributed by atoms with van der Waals surface area (Å²) < 4.78 is 0. The minimum atomic E-state index is -1.67. The number of rotatable bonds is 2. The summed E-state index contributed by atoms with van der Waals surface area (Å²) in [6.07, 6.45) is 0. The van der Waals surface area contributed by atoms with E-state index in [9.17, 15) is 4.79 Å². The second-order valence-electron chi connectivity index (χ2n) is 2.61. The van der Waals surface area contributed by atoms with Gasteiger partial charge in [0.2, 0.25) is 0 Å². The lowest BCUT2D eigenvalue weighted by Crippen LogP contribution is -2.31. The Balaban J connectivity index is 3.19. The van der Waals surface area contributed by atoms with Crippen LogP contribution in [-0.2, 0) is 0 Å². The fraction of sp³-hybridized carbons (Fsp3) is 0.143. The summed E-state index contributed by atoms with van der Waals surface area (Å²) in [4.78, 5) is 14.2. The van der Waals surface area contributed by atoms with Gasteiger partial charge in [-0.25, -0.2) is 9.78 Å². The van der Waals surface area contributed by atoms with Gasteiger partial charge in [0.25, 0.3) is 0 Å². The van der Waals surface area contributed by atoms with Crippen LogP contribution < -0.4 is 5.46 Å². The number of nitrogens with zero attached hydrogens (tertiary/aromatic N) is 1. The van der Waals surface area contributed by atoms with Crippen LogP contribution in [0.1, 0.15) is 16.2 Å². The fourth-order valence-corrected chi connectivity index (χ4v) is 0.954. The molecule has 1 aromatic rings. The normalized spacial score (nSPS) is 9.77. The number of aromatic carboxylic acids is 1. The van der Waals surface area contributed by atoms with Crippen LogP contribution in [0.2, 0.25) is 0 Å². The largest absolute Gasteiger partial charge is 0.488 e. The Labute approximate surface area is 74.8 Å². The summed E-state index contributed by atoms with van der Waals surface area (Å²) in [6, 6.07) is 2.54. The molecule has 1 rings (SSSR count). The molecule has 0 spiro atoms. The zero-order valence-electron chi connectivity index (χ0n) is 6.93. The molecule has 13 heavy (non-hydrogen) atoms. The first-order valence-electron chi connectivity index (χ1n) is 3.58. The van der Waals surface area contributed by atoms with E-state index in [0.717, 1.165) is 6.07 Å². The fourth-order valence-electron chi connectivity index (χ4n) is 0.954. The van der Waals surface area contributed by atoms with Crippen LogP contribution in [0.4, 0.5) is 0 Å². The van der Waals surface area contributed by atoms with Crippen molar-refractivity contribution in [3.63, 3.8) is 0 Å². The van der Waals surface area contributed by atoms with E-state index in [1.807, 2.05) is 0 Å². The van der Waals surface area contributed by atoms with E-state index in [-0.39, 0.29) is 11.2 Å². The number of aromatic nitrogens is 1. The molecule has 0 atom stereocenters. The molecule has 1 aromatic heterocycles. The van der Waals surface area contributed by atoms with Crippen molar-refractivity contribution in [2.75, 3.05) is 0 Å². The Bertz CT molecular complexity index is 339. The first kappa shape index (κ1) is 9.69. The maximum atomic E-state index is 10.5. The van der Waals surface area contributed by atoms with Gasteiger partial charge in [-0.05, 0) is 24.5 Å². The first-order valence-corrected chi connectivity index (χ1v) is 3.58. The number of pyridine rings is 1. The molecule has 68 valence electrons. The number of carbonyl (C=O) groups is 1.